The fourth-order valence-electron chi connectivity index (χ4n) is 2.97. The number of hydrazone groups is 1. The number of rotatable bonds is 1. The van der Waals surface area contributed by atoms with Crippen molar-refractivity contribution in [1.82, 2.24) is 5.01 Å². The molecule has 2 saturated carbocycles. The number of hydrogen-bond donors (Lipinski definition) is 0. The number of nitrogens with zero attached hydrogens (tertiary/aromatic N) is 2. The molecule has 3 heteroatoms. The van der Waals surface area contributed by atoms with Gasteiger partial charge in [0.2, 0.25) is 0 Å². The van der Waals surface area contributed by atoms with Crippen molar-refractivity contribution in [2.45, 2.75) is 51.0 Å². The van der Waals surface area contributed by atoms with Gasteiger partial charge in [-0.2, -0.15) is 5.10 Å². The second kappa shape index (κ2) is 3.07. The SMILES string of the molecule is O=C1C2CCCC2=NN1C1CCCC1. The molecule has 3 aliphatic rings. The van der Waals surface area contributed by atoms with Gasteiger partial charge in [0.15, 0.2) is 0 Å². The van der Waals surface area contributed by atoms with E-state index < -0.39 is 0 Å². The summed E-state index contributed by atoms with van der Waals surface area (Å²) < 4.78 is 0. The average Bonchev–Trinajstić information content (AvgIpc) is 2.84. The molecule has 0 aromatic heterocycles. The Morgan fingerprint density at radius 1 is 1.14 bits per heavy atom. The maximum Gasteiger partial charge on any atom is 0.251 e. The highest BCUT2D eigenvalue weighted by molar-refractivity contribution is 6.09. The molecule has 1 unspecified atom stereocenters. The molecule has 1 atom stereocenters. The summed E-state index contributed by atoms with van der Waals surface area (Å²) in [5.74, 6) is 0.472. The lowest BCUT2D eigenvalue weighted by Gasteiger charge is -2.20. The molecule has 76 valence electrons. The van der Waals surface area contributed by atoms with Crippen molar-refractivity contribution < 1.29 is 4.79 Å². The number of amides is 1. The highest BCUT2D eigenvalue weighted by Crippen LogP contribution is 2.34. The molecular weight excluding hydrogens is 176 g/mol. The van der Waals surface area contributed by atoms with E-state index in [-0.39, 0.29) is 5.92 Å². The molecule has 0 aromatic rings. The Hall–Kier alpha value is -0.860. The van der Waals surface area contributed by atoms with Gasteiger partial charge in [0.05, 0.1) is 17.7 Å². The van der Waals surface area contributed by atoms with Crippen molar-refractivity contribution in [3.63, 3.8) is 0 Å². The molecule has 0 spiro atoms. The summed E-state index contributed by atoms with van der Waals surface area (Å²) in [6.45, 7) is 0. The summed E-state index contributed by atoms with van der Waals surface area (Å²) in [6, 6.07) is 0.431. The van der Waals surface area contributed by atoms with Gasteiger partial charge >= 0.3 is 0 Å². The predicted octanol–water partition coefficient (Wildman–Crippen LogP) is 1.93. The predicted molar refractivity (Wildman–Crippen MR) is 53.9 cm³/mol. The van der Waals surface area contributed by atoms with Crippen LogP contribution in [0.2, 0.25) is 0 Å². The topological polar surface area (TPSA) is 32.7 Å². The Bertz CT molecular complexity index is 292. The minimum atomic E-state index is 0.176. The third-order valence-corrected chi connectivity index (χ3v) is 3.76. The summed E-state index contributed by atoms with van der Waals surface area (Å²) >= 11 is 0. The monoisotopic (exact) mass is 192 g/mol. The van der Waals surface area contributed by atoms with Crippen molar-refractivity contribution >= 4 is 11.6 Å². The van der Waals surface area contributed by atoms with Crippen LogP contribution in [-0.2, 0) is 4.79 Å². The number of carbonyl (C=O) groups is 1. The van der Waals surface area contributed by atoms with Crippen molar-refractivity contribution in [3.8, 4) is 0 Å². The molecule has 0 aromatic carbocycles. The van der Waals surface area contributed by atoms with Crippen molar-refractivity contribution in [2.24, 2.45) is 11.0 Å². The van der Waals surface area contributed by atoms with Gasteiger partial charge in [0.25, 0.3) is 5.91 Å². The van der Waals surface area contributed by atoms with Crippen LogP contribution in [0.15, 0.2) is 5.10 Å². The van der Waals surface area contributed by atoms with Crippen LogP contribution in [0, 0.1) is 5.92 Å². The number of carbonyl (C=O) groups excluding carboxylic acids is 1. The normalized spacial score (nSPS) is 32.6. The zero-order chi connectivity index (χ0) is 9.54. The first-order valence-corrected chi connectivity index (χ1v) is 5.77. The molecule has 0 bridgehead atoms. The maximum absolute atomic E-state index is 12.0. The lowest BCUT2D eigenvalue weighted by atomic mass is 10.1. The summed E-state index contributed by atoms with van der Waals surface area (Å²) in [7, 11) is 0. The van der Waals surface area contributed by atoms with E-state index >= 15 is 0 Å². The van der Waals surface area contributed by atoms with Gasteiger partial charge in [-0.25, -0.2) is 5.01 Å². The largest absolute Gasteiger partial charge is 0.272 e. The van der Waals surface area contributed by atoms with Crippen LogP contribution in [-0.4, -0.2) is 22.7 Å². The van der Waals surface area contributed by atoms with E-state index in [1.807, 2.05) is 5.01 Å². The van der Waals surface area contributed by atoms with Crippen LogP contribution >= 0.6 is 0 Å². The Balaban J connectivity index is 1.81. The lowest BCUT2D eigenvalue weighted by molar-refractivity contribution is -0.133. The molecule has 1 amide bonds. The third-order valence-electron chi connectivity index (χ3n) is 3.76. The van der Waals surface area contributed by atoms with Gasteiger partial charge in [-0.05, 0) is 32.1 Å². The Kier molecular flexibility index (Phi) is 1.85. The van der Waals surface area contributed by atoms with Gasteiger partial charge in [0.1, 0.15) is 0 Å². The van der Waals surface area contributed by atoms with Gasteiger partial charge < -0.3 is 0 Å². The quantitative estimate of drug-likeness (QED) is 0.624. The second-order valence-electron chi connectivity index (χ2n) is 4.66. The first kappa shape index (κ1) is 8.45. The smallest absolute Gasteiger partial charge is 0.251 e. The molecule has 2 aliphatic carbocycles. The highest BCUT2D eigenvalue weighted by atomic mass is 16.2. The third kappa shape index (κ3) is 1.11. The Morgan fingerprint density at radius 3 is 2.64 bits per heavy atom. The fourth-order valence-corrected chi connectivity index (χ4v) is 2.97. The van der Waals surface area contributed by atoms with E-state index in [4.69, 9.17) is 0 Å². The Labute approximate surface area is 84.2 Å². The van der Waals surface area contributed by atoms with E-state index in [9.17, 15) is 4.79 Å². The maximum atomic E-state index is 12.0. The fraction of sp³-hybridized carbons (Fsp3) is 0.818. The van der Waals surface area contributed by atoms with E-state index in [0.717, 1.165) is 32.1 Å². The minimum absolute atomic E-state index is 0.176. The first-order valence-electron chi connectivity index (χ1n) is 5.77. The van der Waals surface area contributed by atoms with Crippen LogP contribution in [0.5, 0.6) is 0 Å². The van der Waals surface area contributed by atoms with Crippen LogP contribution in [0.1, 0.15) is 44.9 Å². The summed E-state index contributed by atoms with van der Waals surface area (Å²) in [4.78, 5) is 12.0. The van der Waals surface area contributed by atoms with E-state index in [1.54, 1.807) is 0 Å². The molecule has 1 aliphatic heterocycles. The van der Waals surface area contributed by atoms with Crippen LogP contribution in [0.3, 0.4) is 0 Å². The summed E-state index contributed by atoms with van der Waals surface area (Å²) in [6.07, 6.45) is 8.12. The lowest BCUT2D eigenvalue weighted by Crippen LogP contribution is -2.33. The molecule has 0 N–H and O–H groups in total. The highest BCUT2D eigenvalue weighted by Gasteiger charge is 2.41. The van der Waals surface area contributed by atoms with E-state index in [0.29, 0.717) is 11.9 Å². The molecule has 14 heavy (non-hydrogen) atoms. The van der Waals surface area contributed by atoms with Crippen molar-refractivity contribution in [2.75, 3.05) is 0 Å². The first-order chi connectivity index (χ1) is 6.86. The van der Waals surface area contributed by atoms with Crippen molar-refractivity contribution in [1.29, 1.82) is 0 Å². The second-order valence-corrected chi connectivity index (χ2v) is 4.66. The van der Waals surface area contributed by atoms with Gasteiger partial charge in [0, 0.05) is 0 Å². The molecule has 3 rings (SSSR count). The zero-order valence-corrected chi connectivity index (χ0v) is 8.41. The number of hydrogen-bond acceptors (Lipinski definition) is 2. The molecular formula is C11H16N2O. The summed E-state index contributed by atoms with van der Waals surface area (Å²) in [5, 5.41) is 6.33. The van der Waals surface area contributed by atoms with Gasteiger partial charge in [-0.3, -0.25) is 4.79 Å². The van der Waals surface area contributed by atoms with Gasteiger partial charge in [-0.15, -0.1) is 0 Å². The minimum Gasteiger partial charge on any atom is -0.272 e. The van der Waals surface area contributed by atoms with Crippen molar-refractivity contribution in [3.05, 3.63) is 0 Å². The zero-order valence-electron chi connectivity index (χ0n) is 8.41. The molecule has 1 heterocycles. The molecule has 0 saturated heterocycles. The van der Waals surface area contributed by atoms with Crippen LogP contribution < -0.4 is 0 Å². The van der Waals surface area contributed by atoms with Crippen LogP contribution in [0.4, 0.5) is 0 Å². The average molecular weight is 192 g/mol. The number of fused-ring (bicyclic) bond motifs is 1. The molecule has 2 fully saturated rings. The molecule has 0 radical (unpaired) electrons. The standard InChI is InChI=1S/C11H16N2O/c14-11-9-6-3-7-10(9)12-13(11)8-4-1-2-5-8/h8-9H,1-7H2. The van der Waals surface area contributed by atoms with E-state index in [1.165, 1.54) is 18.6 Å². The Morgan fingerprint density at radius 2 is 1.93 bits per heavy atom. The van der Waals surface area contributed by atoms with Crippen LogP contribution in [0.25, 0.3) is 0 Å². The van der Waals surface area contributed by atoms with E-state index in [2.05, 4.69) is 5.10 Å². The van der Waals surface area contributed by atoms with Gasteiger partial charge in [-0.1, -0.05) is 12.8 Å². The molecule has 3 nitrogen and oxygen atoms in total. The summed E-state index contributed by atoms with van der Waals surface area (Å²) in [5.41, 5.74) is 1.17.